The van der Waals surface area contributed by atoms with E-state index in [-0.39, 0.29) is 23.6 Å². The molecule has 0 bridgehead atoms. The number of carbonyl (C=O) groups is 1. The minimum Gasteiger partial charge on any atom is -0.390 e. The Morgan fingerprint density at radius 2 is 2.05 bits per heavy atom. The van der Waals surface area contributed by atoms with Crippen LogP contribution < -0.4 is 0 Å². The van der Waals surface area contributed by atoms with Gasteiger partial charge in [-0.1, -0.05) is 0 Å². The van der Waals surface area contributed by atoms with Gasteiger partial charge < -0.3 is 10.0 Å². The standard InChI is InChI=1S/C16H20F2N2O2/c1-19(16(22)11-4-5-13(17)14(18)6-11)15(10-2-3-10)9-20-7-12(21)8-20/h4-6,10,12,15,21H,2-3,7-9H2,1H3. The van der Waals surface area contributed by atoms with Crippen molar-refractivity contribution in [3.05, 3.63) is 35.4 Å². The monoisotopic (exact) mass is 310 g/mol. The molecule has 1 unspecified atom stereocenters. The number of hydrogen-bond donors (Lipinski definition) is 1. The number of nitrogens with zero attached hydrogens (tertiary/aromatic N) is 2. The number of likely N-dealkylation sites (tertiary alicyclic amines) is 1. The van der Waals surface area contributed by atoms with Crippen LogP contribution in [0.3, 0.4) is 0 Å². The van der Waals surface area contributed by atoms with Gasteiger partial charge in [-0.25, -0.2) is 8.78 Å². The van der Waals surface area contributed by atoms with Crippen molar-refractivity contribution in [2.24, 2.45) is 5.92 Å². The Kier molecular flexibility index (Phi) is 4.14. The summed E-state index contributed by atoms with van der Waals surface area (Å²) in [5, 5.41) is 9.37. The molecule has 1 atom stereocenters. The molecule has 22 heavy (non-hydrogen) atoms. The van der Waals surface area contributed by atoms with Gasteiger partial charge in [-0.05, 0) is 37.0 Å². The molecule has 120 valence electrons. The van der Waals surface area contributed by atoms with E-state index in [9.17, 15) is 18.7 Å². The van der Waals surface area contributed by atoms with E-state index in [4.69, 9.17) is 0 Å². The Bertz CT molecular complexity index is 571. The molecule has 1 aromatic rings. The van der Waals surface area contributed by atoms with E-state index in [1.165, 1.54) is 6.07 Å². The molecular formula is C16H20F2N2O2. The second-order valence-corrected chi connectivity index (χ2v) is 6.32. The summed E-state index contributed by atoms with van der Waals surface area (Å²) < 4.78 is 26.3. The average Bonchev–Trinajstić information content (AvgIpc) is 3.28. The minimum absolute atomic E-state index is 0.0492. The molecule has 0 aromatic heterocycles. The van der Waals surface area contributed by atoms with Gasteiger partial charge in [-0.2, -0.15) is 0 Å². The van der Waals surface area contributed by atoms with Crippen molar-refractivity contribution in [1.29, 1.82) is 0 Å². The fraction of sp³-hybridized carbons (Fsp3) is 0.562. The summed E-state index contributed by atoms with van der Waals surface area (Å²) >= 11 is 0. The van der Waals surface area contributed by atoms with Crippen molar-refractivity contribution in [3.8, 4) is 0 Å². The normalized spacial score (nSPS) is 20.5. The van der Waals surface area contributed by atoms with Crippen LogP contribution in [0.1, 0.15) is 23.2 Å². The van der Waals surface area contributed by atoms with Gasteiger partial charge in [0, 0.05) is 38.3 Å². The van der Waals surface area contributed by atoms with E-state index in [0.29, 0.717) is 25.6 Å². The molecule has 1 saturated carbocycles. The number of benzene rings is 1. The summed E-state index contributed by atoms with van der Waals surface area (Å²) in [4.78, 5) is 16.3. The van der Waals surface area contributed by atoms with Crippen molar-refractivity contribution in [2.45, 2.75) is 25.0 Å². The van der Waals surface area contributed by atoms with E-state index in [0.717, 1.165) is 25.0 Å². The molecule has 1 aliphatic heterocycles. The molecule has 1 N–H and O–H groups in total. The van der Waals surface area contributed by atoms with Gasteiger partial charge in [0.05, 0.1) is 6.10 Å². The van der Waals surface area contributed by atoms with Crippen LogP contribution in [-0.2, 0) is 0 Å². The first kappa shape index (κ1) is 15.4. The highest BCUT2D eigenvalue weighted by Gasteiger charge is 2.39. The molecule has 3 rings (SSSR count). The first-order valence-corrected chi connectivity index (χ1v) is 7.58. The molecule has 2 aliphatic rings. The van der Waals surface area contributed by atoms with Crippen molar-refractivity contribution < 1.29 is 18.7 Å². The van der Waals surface area contributed by atoms with Gasteiger partial charge in [-0.15, -0.1) is 0 Å². The first-order chi connectivity index (χ1) is 10.5. The maximum absolute atomic E-state index is 13.3. The molecule has 6 heteroatoms. The summed E-state index contributed by atoms with van der Waals surface area (Å²) in [5.41, 5.74) is 0.163. The van der Waals surface area contributed by atoms with Gasteiger partial charge >= 0.3 is 0 Å². The molecule has 1 heterocycles. The Morgan fingerprint density at radius 3 is 2.59 bits per heavy atom. The van der Waals surface area contributed by atoms with Crippen LogP contribution in [0.2, 0.25) is 0 Å². The second-order valence-electron chi connectivity index (χ2n) is 6.32. The predicted molar refractivity (Wildman–Crippen MR) is 77.4 cm³/mol. The number of likely N-dealkylation sites (N-methyl/N-ethyl adjacent to an activating group) is 1. The SMILES string of the molecule is CN(C(=O)c1ccc(F)c(F)c1)C(CN1CC(O)C1)C1CC1. The fourth-order valence-corrected chi connectivity index (χ4v) is 3.01. The number of rotatable bonds is 5. The second kappa shape index (κ2) is 5.93. The maximum atomic E-state index is 13.3. The number of carbonyl (C=O) groups excluding carboxylic acids is 1. The highest BCUT2D eigenvalue weighted by molar-refractivity contribution is 5.94. The first-order valence-electron chi connectivity index (χ1n) is 7.58. The Balaban J connectivity index is 1.70. The quantitative estimate of drug-likeness (QED) is 0.896. The zero-order valence-corrected chi connectivity index (χ0v) is 12.5. The number of amides is 1. The average molecular weight is 310 g/mol. The lowest BCUT2D eigenvalue weighted by atomic mass is 10.1. The smallest absolute Gasteiger partial charge is 0.254 e. The molecule has 1 aliphatic carbocycles. The molecule has 1 amide bonds. The number of hydrogen-bond acceptors (Lipinski definition) is 3. The number of aliphatic hydroxyl groups excluding tert-OH is 1. The Hall–Kier alpha value is -1.53. The fourth-order valence-electron chi connectivity index (χ4n) is 3.01. The summed E-state index contributed by atoms with van der Waals surface area (Å²) in [7, 11) is 1.71. The third-order valence-electron chi connectivity index (χ3n) is 4.53. The van der Waals surface area contributed by atoms with E-state index >= 15 is 0 Å². The minimum atomic E-state index is -1.01. The molecule has 0 radical (unpaired) electrons. The van der Waals surface area contributed by atoms with Crippen LogP contribution >= 0.6 is 0 Å². The van der Waals surface area contributed by atoms with Crippen LogP contribution in [0, 0.1) is 17.6 Å². The lowest BCUT2D eigenvalue weighted by Crippen LogP contribution is -2.56. The number of aliphatic hydroxyl groups is 1. The Labute approximate surface area is 128 Å². The molecule has 4 nitrogen and oxygen atoms in total. The van der Waals surface area contributed by atoms with Crippen LogP contribution in [0.4, 0.5) is 8.78 Å². The van der Waals surface area contributed by atoms with Gasteiger partial charge in [-0.3, -0.25) is 9.69 Å². The van der Waals surface area contributed by atoms with Crippen LogP contribution in [0.15, 0.2) is 18.2 Å². The molecule has 1 aromatic carbocycles. The van der Waals surface area contributed by atoms with E-state index in [1.807, 2.05) is 0 Å². The zero-order valence-electron chi connectivity index (χ0n) is 12.5. The van der Waals surface area contributed by atoms with Crippen molar-refractivity contribution in [2.75, 3.05) is 26.7 Å². The van der Waals surface area contributed by atoms with Crippen LogP contribution in [0.5, 0.6) is 0 Å². The summed E-state index contributed by atoms with van der Waals surface area (Å²) in [5.74, 6) is -1.80. The van der Waals surface area contributed by atoms with Crippen molar-refractivity contribution in [3.63, 3.8) is 0 Å². The zero-order chi connectivity index (χ0) is 15.9. The van der Waals surface area contributed by atoms with Gasteiger partial charge in [0.2, 0.25) is 0 Å². The summed E-state index contributed by atoms with van der Waals surface area (Å²) in [6, 6.07) is 3.29. The highest BCUT2D eigenvalue weighted by Crippen LogP contribution is 2.36. The lowest BCUT2D eigenvalue weighted by molar-refractivity contribution is -0.0127. The molecular weight excluding hydrogens is 290 g/mol. The van der Waals surface area contributed by atoms with Gasteiger partial charge in [0.15, 0.2) is 11.6 Å². The van der Waals surface area contributed by atoms with E-state index < -0.39 is 11.6 Å². The lowest BCUT2D eigenvalue weighted by Gasteiger charge is -2.40. The third-order valence-corrected chi connectivity index (χ3v) is 4.53. The van der Waals surface area contributed by atoms with E-state index in [1.54, 1.807) is 11.9 Å². The van der Waals surface area contributed by atoms with Crippen LogP contribution in [0.25, 0.3) is 0 Å². The third kappa shape index (κ3) is 3.13. The molecule has 2 fully saturated rings. The van der Waals surface area contributed by atoms with E-state index in [2.05, 4.69) is 4.90 Å². The highest BCUT2D eigenvalue weighted by atomic mass is 19.2. The van der Waals surface area contributed by atoms with Crippen molar-refractivity contribution in [1.82, 2.24) is 9.80 Å². The summed E-state index contributed by atoms with van der Waals surface area (Å²) in [6.07, 6.45) is 1.89. The predicted octanol–water partition coefficient (Wildman–Crippen LogP) is 1.49. The number of halogens is 2. The van der Waals surface area contributed by atoms with Gasteiger partial charge in [0.1, 0.15) is 0 Å². The van der Waals surface area contributed by atoms with Crippen molar-refractivity contribution >= 4 is 5.91 Å². The van der Waals surface area contributed by atoms with Crippen LogP contribution in [-0.4, -0.2) is 59.6 Å². The maximum Gasteiger partial charge on any atom is 0.254 e. The largest absolute Gasteiger partial charge is 0.390 e. The number of β-amino-alcohol motifs (C(OH)–C–C–N with tert-alkyl or cyclic N) is 1. The van der Waals surface area contributed by atoms with Gasteiger partial charge in [0.25, 0.3) is 5.91 Å². The molecule has 0 spiro atoms. The Morgan fingerprint density at radius 1 is 1.36 bits per heavy atom. The molecule has 1 saturated heterocycles. The topological polar surface area (TPSA) is 43.8 Å². The summed E-state index contributed by atoms with van der Waals surface area (Å²) in [6.45, 7) is 1.99.